The number of carbonyl (C=O) groups is 1. The van der Waals surface area contributed by atoms with Gasteiger partial charge in [-0.05, 0) is 103 Å². The van der Waals surface area contributed by atoms with E-state index in [1.54, 1.807) is 12.1 Å². The molecule has 0 spiro atoms. The number of carbonyl (C=O) groups excluding carboxylic acids is 1. The molecule has 0 bridgehead atoms. The highest BCUT2D eigenvalue weighted by atomic mass is 32.2. The predicted molar refractivity (Wildman–Crippen MR) is 231 cm³/mol. The number of hydrogen-bond acceptors (Lipinski definition) is 6. The third kappa shape index (κ3) is 9.00. The summed E-state index contributed by atoms with van der Waals surface area (Å²) in [4.78, 5) is 17.3. The molecule has 4 N–H and O–H groups in total. The lowest BCUT2D eigenvalue weighted by atomic mass is 9.82. The third-order valence-electron chi connectivity index (χ3n) is 12.1. The molecule has 3 aliphatic rings. The zero-order valence-electron chi connectivity index (χ0n) is 34.3. The van der Waals surface area contributed by atoms with Gasteiger partial charge in [-0.2, -0.15) is 0 Å². The summed E-state index contributed by atoms with van der Waals surface area (Å²) >= 11 is 0. The number of aryl methyl sites for hydroxylation is 1. The molecule has 56 heavy (non-hydrogen) atoms. The van der Waals surface area contributed by atoms with E-state index in [4.69, 9.17) is 5.14 Å². The number of nitrogens with zero attached hydrogens (tertiary/aromatic N) is 2. The van der Waals surface area contributed by atoms with Gasteiger partial charge in [0.05, 0.1) is 4.90 Å². The van der Waals surface area contributed by atoms with E-state index in [-0.39, 0.29) is 21.6 Å². The number of benzene rings is 3. The molecule has 2 heterocycles. The molecule has 3 aromatic rings. The molecule has 2 aliphatic heterocycles. The molecule has 0 unspecified atom stereocenters. The smallest absolute Gasteiger partial charge is 0.238 e. The molecule has 1 amide bonds. The van der Waals surface area contributed by atoms with Crippen molar-refractivity contribution < 1.29 is 13.2 Å². The van der Waals surface area contributed by atoms with E-state index in [0.29, 0.717) is 19.4 Å². The summed E-state index contributed by atoms with van der Waals surface area (Å²) in [5.74, 6) is 0.00957. The molecule has 9 heteroatoms. The van der Waals surface area contributed by atoms with Crippen LogP contribution in [0, 0.1) is 0 Å². The first kappa shape index (κ1) is 41.0. The second kappa shape index (κ2) is 17.3. The van der Waals surface area contributed by atoms with Crippen LogP contribution < -0.4 is 25.6 Å². The molecule has 0 saturated carbocycles. The first-order valence-corrected chi connectivity index (χ1v) is 21.9. The van der Waals surface area contributed by atoms with Gasteiger partial charge < -0.3 is 20.4 Å². The van der Waals surface area contributed by atoms with Gasteiger partial charge >= 0.3 is 0 Å². The van der Waals surface area contributed by atoms with Gasteiger partial charge in [-0.25, -0.2) is 13.6 Å². The predicted octanol–water partition coefficient (Wildman–Crippen LogP) is 8.91. The Balaban J connectivity index is 1.08. The maximum absolute atomic E-state index is 12.5. The number of anilines is 2. The van der Waals surface area contributed by atoms with Crippen molar-refractivity contribution in [2.75, 3.05) is 37.0 Å². The molecule has 0 atom stereocenters. The highest BCUT2D eigenvalue weighted by Crippen LogP contribution is 2.48. The largest absolute Gasteiger partial charge is 0.385 e. The van der Waals surface area contributed by atoms with Gasteiger partial charge in [0.2, 0.25) is 15.9 Å². The van der Waals surface area contributed by atoms with Crippen LogP contribution >= 0.6 is 0 Å². The SMILES string of the molecule is CN1/C(=C\CC2=C(NCCCCCCNC(=O)CCc3ccc(S(N)(=O)=O)cc3)/C(=C\C=C3\N(C)c4ccccc4C3(C)C)CCC2)C(C)(C)c2ccccc21. The number of nitrogens with two attached hydrogens (primary N) is 1. The van der Waals surface area contributed by atoms with E-state index in [1.807, 2.05) is 0 Å². The van der Waals surface area contributed by atoms with Crippen molar-refractivity contribution in [3.05, 3.63) is 136 Å². The Labute approximate surface area is 335 Å². The summed E-state index contributed by atoms with van der Waals surface area (Å²) in [6.45, 7) is 10.9. The van der Waals surface area contributed by atoms with Crippen molar-refractivity contribution >= 4 is 27.3 Å². The van der Waals surface area contributed by atoms with Crippen LogP contribution in [0.3, 0.4) is 0 Å². The van der Waals surface area contributed by atoms with Crippen molar-refractivity contribution in [3.63, 3.8) is 0 Å². The van der Waals surface area contributed by atoms with Gasteiger partial charge in [0.1, 0.15) is 0 Å². The summed E-state index contributed by atoms with van der Waals surface area (Å²) < 4.78 is 23.0. The number of amides is 1. The average Bonchev–Trinajstić information content (AvgIpc) is 3.49. The van der Waals surface area contributed by atoms with Crippen molar-refractivity contribution in [3.8, 4) is 0 Å². The molecule has 0 aromatic heterocycles. The number of nitrogens with one attached hydrogen (secondary N) is 2. The zero-order chi connectivity index (χ0) is 40.1. The number of hydrogen-bond donors (Lipinski definition) is 3. The van der Waals surface area contributed by atoms with E-state index in [0.717, 1.165) is 63.5 Å². The minimum Gasteiger partial charge on any atom is -0.385 e. The van der Waals surface area contributed by atoms with Crippen LogP contribution in [-0.4, -0.2) is 41.5 Å². The quantitative estimate of drug-likeness (QED) is 0.133. The van der Waals surface area contributed by atoms with E-state index >= 15 is 0 Å². The van der Waals surface area contributed by atoms with Gasteiger partial charge in [-0.15, -0.1) is 0 Å². The second-order valence-electron chi connectivity index (χ2n) is 16.7. The van der Waals surface area contributed by atoms with Crippen molar-refractivity contribution in [2.45, 2.75) is 108 Å². The molecular weight excluding hydrogens is 715 g/mol. The molecule has 298 valence electrons. The highest BCUT2D eigenvalue weighted by Gasteiger charge is 2.39. The lowest BCUT2D eigenvalue weighted by Crippen LogP contribution is -2.25. The van der Waals surface area contributed by atoms with Gasteiger partial charge in [-0.3, -0.25) is 4.79 Å². The number of fused-ring (bicyclic) bond motifs is 2. The van der Waals surface area contributed by atoms with Crippen LogP contribution in [-0.2, 0) is 32.1 Å². The van der Waals surface area contributed by atoms with E-state index < -0.39 is 10.0 Å². The molecule has 0 radical (unpaired) electrons. The number of allylic oxidation sites excluding steroid dienone is 7. The molecule has 0 fully saturated rings. The summed E-state index contributed by atoms with van der Waals surface area (Å²) in [6, 6.07) is 23.9. The maximum Gasteiger partial charge on any atom is 0.238 e. The van der Waals surface area contributed by atoms with Crippen LogP contribution in [0.1, 0.15) is 102 Å². The van der Waals surface area contributed by atoms with Gasteiger partial charge in [-0.1, -0.05) is 101 Å². The molecular formula is C47H61N5O3S. The van der Waals surface area contributed by atoms with Crippen molar-refractivity contribution in [2.24, 2.45) is 5.14 Å². The summed E-state index contributed by atoms with van der Waals surface area (Å²) in [5.41, 5.74) is 13.0. The van der Waals surface area contributed by atoms with Crippen LogP contribution in [0.4, 0.5) is 11.4 Å². The zero-order valence-corrected chi connectivity index (χ0v) is 35.1. The van der Waals surface area contributed by atoms with Gasteiger partial charge in [0.15, 0.2) is 0 Å². The van der Waals surface area contributed by atoms with Crippen molar-refractivity contribution in [1.82, 2.24) is 10.6 Å². The van der Waals surface area contributed by atoms with Gasteiger partial charge in [0.25, 0.3) is 0 Å². The number of para-hydroxylation sites is 2. The fraction of sp³-hybridized carbons (Fsp3) is 0.426. The lowest BCUT2D eigenvalue weighted by Gasteiger charge is -2.27. The third-order valence-corrected chi connectivity index (χ3v) is 13.0. The lowest BCUT2D eigenvalue weighted by molar-refractivity contribution is -0.121. The Kier molecular flexibility index (Phi) is 12.7. The fourth-order valence-corrected chi connectivity index (χ4v) is 9.41. The minimum atomic E-state index is -3.72. The summed E-state index contributed by atoms with van der Waals surface area (Å²) in [7, 11) is 0.676. The molecule has 1 aliphatic carbocycles. The number of unbranched alkanes of at least 4 members (excludes halogenated alkanes) is 3. The average molecular weight is 776 g/mol. The van der Waals surface area contributed by atoms with E-state index in [9.17, 15) is 13.2 Å². The first-order valence-electron chi connectivity index (χ1n) is 20.3. The topological polar surface area (TPSA) is 108 Å². The number of primary sulfonamides is 1. The standard InChI is InChI=1S/C47H61N5O3S/c1-46(2)38-18-9-11-20-40(38)51(5)42(46)29-25-35-16-15-17-36(26-30-43-47(3,4)39-19-10-12-21-41(39)52(43)6)45(35)50-33-14-8-7-13-32-49-44(53)31-24-34-22-27-37(28-23-34)56(48,54)55/h9-12,18-23,25,27-30,50H,7-8,13-17,24,26,31-33H2,1-6H3,(H,49,53)(H2,48,54,55)/b35-25-,42-29+,43-30-. The van der Waals surface area contributed by atoms with Crippen LogP contribution in [0.5, 0.6) is 0 Å². The molecule has 6 rings (SSSR count). The van der Waals surface area contributed by atoms with Crippen LogP contribution in [0.25, 0.3) is 0 Å². The van der Waals surface area contributed by atoms with E-state index in [2.05, 4.69) is 129 Å². The summed E-state index contributed by atoms with van der Waals surface area (Å²) in [5, 5.41) is 12.2. The van der Waals surface area contributed by atoms with Crippen LogP contribution in [0.15, 0.2) is 124 Å². The monoisotopic (exact) mass is 775 g/mol. The number of likely N-dealkylation sites (N-methyl/N-ethyl adjacent to an activating group) is 2. The number of sulfonamides is 1. The van der Waals surface area contributed by atoms with Crippen LogP contribution in [0.2, 0.25) is 0 Å². The highest BCUT2D eigenvalue weighted by molar-refractivity contribution is 7.89. The minimum absolute atomic E-state index is 0.00957. The molecule has 8 nitrogen and oxygen atoms in total. The Morgan fingerprint density at radius 3 is 1.98 bits per heavy atom. The van der Waals surface area contributed by atoms with Crippen molar-refractivity contribution in [1.29, 1.82) is 0 Å². The Hall–Kier alpha value is -4.60. The number of rotatable bonds is 15. The fourth-order valence-electron chi connectivity index (χ4n) is 8.89. The Morgan fingerprint density at radius 2 is 1.36 bits per heavy atom. The molecule has 0 saturated heterocycles. The van der Waals surface area contributed by atoms with E-state index in [1.165, 1.54) is 62.9 Å². The Bertz CT molecular complexity index is 2140. The normalized spacial score (nSPS) is 19.5. The molecule has 3 aromatic carbocycles. The Morgan fingerprint density at radius 1 is 0.768 bits per heavy atom. The first-order chi connectivity index (χ1) is 26.7. The summed E-state index contributed by atoms with van der Waals surface area (Å²) in [6.07, 6.45) is 16.5. The maximum atomic E-state index is 12.5. The second-order valence-corrected chi connectivity index (χ2v) is 18.2. The van der Waals surface area contributed by atoms with Gasteiger partial charge in [0, 0.05) is 72.9 Å².